The van der Waals surface area contributed by atoms with E-state index in [2.05, 4.69) is 26.7 Å². The topological polar surface area (TPSA) is 69.0 Å². The van der Waals surface area contributed by atoms with Crippen LogP contribution < -0.4 is 10.6 Å². The molecule has 0 aliphatic carbocycles. The van der Waals surface area contributed by atoms with Gasteiger partial charge in [-0.25, -0.2) is 0 Å². The number of hydrogen-bond donors (Lipinski definition) is 3. The predicted molar refractivity (Wildman–Crippen MR) is 64.9 cm³/mol. The molecule has 3 N–H and O–H groups in total. The summed E-state index contributed by atoms with van der Waals surface area (Å²) in [5.74, 6) is 1.78. The Morgan fingerprint density at radius 2 is 2.19 bits per heavy atom. The molecule has 2 heterocycles. The Morgan fingerprint density at radius 3 is 2.94 bits per heavy atom. The zero-order chi connectivity index (χ0) is 11.5. The standard InChI is InChI=1S/C11H18N4O/c1-7-12-5-3-4-9-11(10(6-16)13-7)15-8(2)14-9/h3-4,9-11,16H,5-6H2,1-2H3,(H,12,13)(H,14,15). The number of hydrogen-bond acceptors (Lipinski definition) is 5. The van der Waals surface area contributed by atoms with Gasteiger partial charge in [-0.1, -0.05) is 12.2 Å². The van der Waals surface area contributed by atoms with Crippen molar-refractivity contribution in [3.63, 3.8) is 0 Å². The molecule has 0 aromatic carbocycles. The number of amidine groups is 2. The number of aliphatic hydroxyl groups excluding tert-OH is 1. The molecule has 88 valence electrons. The van der Waals surface area contributed by atoms with Crippen molar-refractivity contribution in [2.45, 2.75) is 32.0 Å². The van der Waals surface area contributed by atoms with E-state index in [0.717, 1.165) is 11.7 Å². The van der Waals surface area contributed by atoms with Gasteiger partial charge in [0.15, 0.2) is 0 Å². The molecule has 2 aliphatic heterocycles. The van der Waals surface area contributed by atoms with Crippen LogP contribution in [-0.2, 0) is 0 Å². The average Bonchev–Trinajstić information content (AvgIpc) is 2.63. The van der Waals surface area contributed by atoms with E-state index in [-0.39, 0.29) is 24.7 Å². The molecular formula is C11H18N4O. The van der Waals surface area contributed by atoms with Crippen LogP contribution in [0.3, 0.4) is 0 Å². The lowest BCUT2D eigenvalue weighted by Gasteiger charge is -2.26. The van der Waals surface area contributed by atoms with Gasteiger partial charge in [-0.15, -0.1) is 0 Å². The van der Waals surface area contributed by atoms with Gasteiger partial charge in [0.25, 0.3) is 0 Å². The zero-order valence-electron chi connectivity index (χ0n) is 9.64. The summed E-state index contributed by atoms with van der Waals surface area (Å²) in [6.45, 7) is 4.59. The van der Waals surface area contributed by atoms with E-state index in [1.807, 2.05) is 19.9 Å². The summed E-state index contributed by atoms with van der Waals surface area (Å²) in [6.07, 6.45) is 4.08. The van der Waals surface area contributed by atoms with Crippen molar-refractivity contribution in [1.82, 2.24) is 10.6 Å². The van der Waals surface area contributed by atoms with E-state index in [1.54, 1.807) is 0 Å². The number of aliphatic imine (C=N–C) groups is 2. The summed E-state index contributed by atoms with van der Waals surface area (Å²) >= 11 is 0. The van der Waals surface area contributed by atoms with Crippen molar-refractivity contribution < 1.29 is 5.11 Å². The van der Waals surface area contributed by atoms with E-state index in [0.29, 0.717) is 6.54 Å². The second kappa shape index (κ2) is 4.65. The zero-order valence-corrected chi connectivity index (χ0v) is 9.64. The Kier molecular flexibility index (Phi) is 3.24. The van der Waals surface area contributed by atoms with Gasteiger partial charge in [-0.05, 0) is 13.8 Å². The molecular weight excluding hydrogens is 204 g/mol. The van der Waals surface area contributed by atoms with Gasteiger partial charge in [-0.3, -0.25) is 9.98 Å². The molecule has 0 amide bonds. The molecule has 0 spiro atoms. The van der Waals surface area contributed by atoms with Gasteiger partial charge >= 0.3 is 0 Å². The molecule has 2 rings (SSSR count). The van der Waals surface area contributed by atoms with Crippen LogP contribution in [0.15, 0.2) is 22.1 Å². The third-order valence-electron chi connectivity index (χ3n) is 2.88. The fraction of sp³-hybridized carbons (Fsp3) is 0.636. The highest BCUT2D eigenvalue weighted by Crippen LogP contribution is 2.13. The van der Waals surface area contributed by atoms with Crippen molar-refractivity contribution in [2.75, 3.05) is 13.2 Å². The molecule has 0 fully saturated rings. The normalized spacial score (nSPS) is 33.6. The molecule has 3 atom stereocenters. The van der Waals surface area contributed by atoms with Crippen molar-refractivity contribution in [1.29, 1.82) is 0 Å². The van der Waals surface area contributed by atoms with Crippen LogP contribution in [0.1, 0.15) is 13.8 Å². The van der Waals surface area contributed by atoms with E-state index in [9.17, 15) is 5.11 Å². The number of nitrogens with one attached hydrogen (secondary N) is 2. The van der Waals surface area contributed by atoms with Crippen molar-refractivity contribution >= 4 is 11.7 Å². The van der Waals surface area contributed by atoms with Gasteiger partial charge in [-0.2, -0.15) is 0 Å². The summed E-state index contributed by atoms with van der Waals surface area (Å²) in [4.78, 5) is 8.81. The first-order valence-corrected chi connectivity index (χ1v) is 5.57. The quantitative estimate of drug-likeness (QED) is 0.533. The minimum Gasteiger partial charge on any atom is -0.394 e. The summed E-state index contributed by atoms with van der Waals surface area (Å²) in [7, 11) is 0. The Hall–Kier alpha value is -1.36. The SMILES string of the molecule is CC1=NCC=CC2N=C(C)NC2C(CO)N1. The summed E-state index contributed by atoms with van der Waals surface area (Å²) in [5.41, 5.74) is 0. The molecule has 0 bridgehead atoms. The maximum absolute atomic E-state index is 9.42. The molecule has 0 aromatic heterocycles. The minimum absolute atomic E-state index is 0.0577. The Bertz CT molecular complexity index is 348. The average molecular weight is 222 g/mol. The molecule has 0 saturated carbocycles. The molecule has 16 heavy (non-hydrogen) atoms. The third-order valence-corrected chi connectivity index (χ3v) is 2.88. The Morgan fingerprint density at radius 1 is 1.38 bits per heavy atom. The molecule has 2 aliphatic rings. The molecule has 5 heteroatoms. The Balaban J connectivity index is 2.21. The van der Waals surface area contributed by atoms with Gasteiger partial charge in [0.05, 0.1) is 42.9 Å². The molecule has 0 saturated heterocycles. The molecule has 0 radical (unpaired) electrons. The third kappa shape index (κ3) is 2.24. The summed E-state index contributed by atoms with van der Waals surface area (Å²) in [5, 5.41) is 15.9. The monoisotopic (exact) mass is 222 g/mol. The predicted octanol–water partition coefficient (Wildman–Crippen LogP) is -0.316. The van der Waals surface area contributed by atoms with Gasteiger partial charge < -0.3 is 15.7 Å². The first-order valence-electron chi connectivity index (χ1n) is 5.57. The summed E-state index contributed by atoms with van der Waals surface area (Å²) < 4.78 is 0. The number of nitrogens with zero attached hydrogens (tertiary/aromatic N) is 2. The smallest absolute Gasteiger partial charge is 0.0943 e. The first kappa shape index (κ1) is 11.1. The molecule has 3 unspecified atom stereocenters. The van der Waals surface area contributed by atoms with Crippen molar-refractivity contribution in [3.8, 4) is 0 Å². The summed E-state index contributed by atoms with van der Waals surface area (Å²) in [6, 6.07) is 0.132. The van der Waals surface area contributed by atoms with Crippen LogP contribution >= 0.6 is 0 Å². The highest BCUT2D eigenvalue weighted by Gasteiger charge is 2.32. The largest absolute Gasteiger partial charge is 0.394 e. The second-order valence-corrected chi connectivity index (χ2v) is 4.16. The lowest BCUT2D eigenvalue weighted by Crippen LogP contribution is -2.53. The fourth-order valence-electron chi connectivity index (χ4n) is 2.12. The van der Waals surface area contributed by atoms with E-state index in [4.69, 9.17) is 0 Å². The van der Waals surface area contributed by atoms with Crippen LogP contribution in [0, 0.1) is 0 Å². The highest BCUT2D eigenvalue weighted by molar-refractivity contribution is 5.83. The second-order valence-electron chi connectivity index (χ2n) is 4.16. The number of aliphatic hydroxyl groups is 1. The molecule has 0 aromatic rings. The molecule has 5 nitrogen and oxygen atoms in total. The van der Waals surface area contributed by atoms with Gasteiger partial charge in [0, 0.05) is 0 Å². The Labute approximate surface area is 95.4 Å². The lowest BCUT2D eigenvalue weighted by atomic mass is 10.0. The van der Waals surface area contributed by atoms with Gasteiger partial charge in [0.2, 0.25) is 0 Å². The van der Waals surface area contributed by atoms with Crippen LogP contribution in [0.2, 0.25) is 0 Å². The van der Waals surface area contributed by atoms with Crippen molar-refractivity contribution in [2.24, 2.45) is 9.98 Å². The van der Waals surface area contributed by atoms with Crippen LogP contribution in [0.5, 0.6) is 0 Å². The van der Waals surface area contributed by atoms with Crippen LogP contribution in [-0.4, -0.2) is 48.1 Å². The fourth-order valence-corrected chi connectivity index (χ4v) is 2.12. The van der Waals surface area contributed by atoms with Gasteiger partial charge in [0.1, 0.15) is 0 Å². The number of rotatable bonds is 1. The van der Waals surface area contributed by atoms with E-state index >= 15 is 0 Å². The van der Waals surface area contributed by atoms with E-state index in [1.165, 1.54) is 0 Å². The first-order chi connectivity index (χ1) is 7.70. The maximum atomic E-state index is 9.42. The number of fused-ring (bicyclic) bond motifs is 1. The lowest BCUT2D eigenvalue weighted by molar-refractivity contribution is 0.230. The highest BCUT2D eigenvalue weighted by atomic mass is 16.3. The van der Waals surface area contributed by atoms with Crippen LogP contribution in [0.4, 0.5) is 0 Å². The maximum Gasteiger partial charge on any atom is 0.0943 e. The van der Waals surface area contributed by atoms with Crippen molar-refractivity contribution in [3.05, 3.63) is 12.2 Å². The minimum atomic E-state index is -0.0577. The van der Waals surface area contributed by atoms with E-state index < -0.39 is 0 Å². The van der Waals surface area contributed by atoms with Crippen LogP contribution in [0.25, 0.3) is 0 Å².